The monoisotopic (exact) mass is 618 g/mol. The number of hydrogen-bond acceptors (Lipinski definition) is 10. The first-order chi connectivity index (χ1) is 20.1. The molecule has 12 nitrogen and oxygen atoms in total. The number of ether oxygens (including phenoxy) is 5. The van der Waals surface area contributed by atoms with E-state index in [1.165, 1.54) is 57.7 Å². The summed E-state index contributed by atoms with van der Waals surface area (Å²) in [4.78, 5) is 20.4. The zero-order valence-corrected chi connectivity index (χ0v) is 23.9. The molecular weight excluding hydrogens is 595 g/mol. The third kappa shape index (κ3) is 8.61. The van der Waals surface area contributed by atoms with Gasteiger partial charge in [0.15, 0.2) is 23.0 Å². The molecule has 0 atom stereocenters. The van der Waals surface area contributed by atoms with Gasteiger partial charge in [-0.2, -0.15) is 0 Å². The van der Waals surface area contributed by atoms with Gasteiger partial charge in [0, 0.05) is 28.2 Å². The van der Waals surface area contributed by atoms with Crippen LogP contribution in [-0.4, -0.2) is 36.3 Å². The largest absolute Gasteiger partial charge is 0.497 e. The highest BCUT2D eigenvalue weighted by molar-refractivity contribution is 6.34. The first kappa shape index (κ1) is 31.7. The zero-order valence-electron chi connectivity index (χ0n) is 22.4. The van der Waals surface area contributed by atoms with Gasteiger partial charge in [0.05, 0.1) is 49.9 Å². The van der Waals surface area contributed by atoms with Gasteiger partial charge in [0.25, 0.3) is 11.4 Å². The molecule has 14 heteroatoms. The van der Waals surface area contributed by atoms with E-state index in [0.29, 0.717) is 44.4 Å². The van der Waals surface area contributed by atoms with E-state index < -0.39 is 9.85 Å². The van der Waals surface area contributed by atoms with Crippen molar-refractivity contribution in [2.24, 2.45) is 0 Å². The van der Waals surface area contributed by atoms with E-state index >= 15 is 0 Å². The van der Waals surface area contributed by atoms with Crippen molar-refractivity contribution in [1.82, 2.24) is 0 Å². The Morgan fingerprint density at radius 3 is 1.48 bits per heavy atom. The number of halogens is 2. The van der Waals surface area contributed by atoms with Crippen molar-refractivity contribution in [3.05, 3.63) is 109 Å². The lowest BCUT2D eigenvalue weighted by atomic mass is 10.2. The smallest absolute Gasteiger partial charge is 0.273 e. The molecular formula is C28H24Cl2N2O10. The highest BCUT2D eigenvalue weighted by Crippen LogP contribution is 2.37. The van der Waals surface area contributed by atoms with Gasteiger partial charge < -0.3 is 28.8 Å². The number of benzene rings is 4. The van der Waals surface area contributed by atoms with Crippen LogP contribution in [0.5, 0.6) is 40.2 Å². The van der Waals surface area contributed by atoms with Gasteiger partial charge in [0.2, 0.25) is 0 Å². The summed E-state index contributed by atoms with van der Waals surface area (Å²) in [6.07, 6.45) is 0. The highest BCUT2D eigenvalue weighted by atomic mass is 35.5. The van der Waals surface area contributed by atoms with Crippen molar-refractivity contribution in [3.63, 3.8) is 0 Å². The molecule has 220 valence electrons. The van der Waals surface area contributed by atoms with Crippen LogP contribution in [0.4, 0.5) is 11.4 Å². The average molecular weight is 619 g/mol. The summed E-state index contributed by atoms with van der Waals surface area (Å²) in [6.45, 7) is -0.162. The van der Waals surface area contributed by atoms with Crippen molar-refractivity contribution in [1.29, 1.82) is 0 Å². The molecule has 4 rings (SSSR count). The maximum atomic E-state index is 10.8. The fraction of sp³-hybridized carbons (Fsp3) is 0.143. The molecule has 0 aliphatic rings. The summed E-state index contributed by atoms with van der Waals surface area (Å²) in [6, 6.07) is 17.8. The van der Waals surface area contributed by atoms with Crippen LogP contribution in [0.15, 0.2) is 72.8 Å². The third-order valence-corrected chi connectivity index (χ3v) is 5.80. The van der Waals surface area contributed by atoms with Crippen LogP contribution in [0.3, 0.4) is 0 Å². The summed E-state index contributed by atoms with van der Waals surface area (Å²) in [5.41, 5.74) is 0.444. The van der Waals surface area contributed by atoms with Gasteiger partial charge in [-0.15, -0.1) is 0 Å². The van der Waals surface area contributed by atoms with Gasteiger partial charge in [0.1, 0.15) is 17.2 Å². The number of nitro groups is 2. The summed E-state index contributed by atoms with van der Waals surface area (Å²) in [7, 11) is 4.31. The topological polar surface area (TPSA) is 153 Å². The fourth-order valence-electron chi connectivity index (χ4n) is 3.45. The van der Waals surface area contributed by atoms with Gasteiger partial charge in [-0.05, 0) is 48.0 Å². The fourth-order valence-corrected chi connectivity index (χ4v) is 3.95. The van der Waals surface area contributed by atoms with Gasteiger partial charge >= 0.3 is 0 Å². The molecule has 0 fully saturated rings. The van der Waals surface area contributed by atoms with Crippen LogP contribution in [0.25, 0.3) is 0 Å². The molecule has 0 saturated heterocycles. The lowest BCUT2D eigenvalue weighted by molar-refractivity contribution is -0.385. The number of nitro benzene ring substituents is 2. The summed E-state index contributed by atoms with van der Waals surface area (Å²) in [5.74, 6) is 2.51. The second kappa shape index (κ2) is 14.7. The average Bonchev–Trinajstić information content (AvgIpc) is 2.96. The number of methoxy groups -OCH3 is 3. The second-order valence-corrected chi connectivity index (χ2v) is 9.04. The number of rotatable bonds is 10. The minimum atomic E-state index is -0.512. The molecule has 1 N–H and O–H groups in total. The Labute approximate surface area is 249 Å². The molecule has 4 aromatic carbocycles. The molecule has 0 aliphatic carbocycles. The third-order valence-electron chi connectivity index (χ3n) is 5.37. The summed E-state index contributed by atoms with van der Waals surface area (Å²) < 4.78 is 26.6. The molecule has 0 radical (unpaired) electrons. The Bertz CT molecular complexity index is 1540. The minimum absolute atomic E-state index is 0.0849. The Kier molecular flexibility index (Phi) is 11.1. The van der Waals surface area contributed by atoms with Crippen molar-refractivity contribution < 1.29 is 38.6 Å². The molecule has 42 heavy (non-hydrogen) atoms. The highest BCUT2D eigenvalue weighted by Gasteiger charge is 2.15. The van der Waals surface area contributed by atoms with Crippen LogP contribution < -0.4 is 23.7 Å². The molecule has 0 amide bonds. The lowest BCUT2D eigenvalue weighted by Crippen LogP contribution is -1.95. The van der Waals surface area contributed by atoms with Crippen molar-refractivity contribution in [3.8, 4) is 40.2 Å². The van der Waals surface area contributed by atoms with Gasteiger partial charge in [-0.3, -0.25) is 20.2 Å². The minimum Gasteiger partial charge on any atom is -0.497 e. The number of aliphatic hydroxyl groups excluding tert-OH is 1. The first-order valence-corrected chi connectivity index (χ1v) is 12.6. The molecule has 0 aliphatic heterocycles. The van der Waals surface area contributed by atoms with Gasteiger partial charge in [-0.25, -0.2) is 0 Å². The molecule has 0 aromatic heterocycles. The van der Waals surface area contributed by atoms with E-state index in [2.05, 4.69) is 0 Å². The van der Waals surface area contributed by atoms with E-state index in [-0.39, 0.29) is 29.5 Å². The number of hydrogen-bond donors (Lipinski definition) is 1. The Morgan fingerprint density at radius 1 is 0.619 bits per heavy atom. The second-order valence-electron chi connectivity index (χ2n) is 8.17. The van der Waals surface area contributed by atoms with Crippen LogP contribution in [0.2, 0.25) is 10.0 Å². The van der Waals surface area contributed by atoms with Crippen molar-refractivity contribution in [2.45, 2.75) is 6.61 Å². The predicted octanol–water partition coefficient (Wildman–Crippen LogP) is 7.60. The van der Waals surface area contributed by atoms with Crippen LogP contribution in [0, 0.1) is 20.2 Å². The quantitative estimate of drug-likeness (QED) is 0.139. The Balaban J connectivity index is 0.000000231. The molecule has 4 aromatic rings. The Hall–Kier alpha value is -4.78. The van der Waals surface area contributed by atoms with E-state index in [9.17, 15) is 25.3 Å². The van der Waals surface area contributed by atoms with Crippen molar-refractivity contribution >= 4 is 34.6 Å². The van der Waals surface area contributed by atoms with Crippen LogP contribution in [-0.2, 0) is 6.61 Å². The van der Waals surface area contributed by atoms with E-state index in [1.54, 1.807) is 36.4 Å². The first-order valence-electron chi connectivity index (χ1n) is 11.8. The molecule has 0 saturated carbocycles. The van der Waals surface area contributed by atoms with Gasteiger partial charge in [-0.1, -0.05) is 23.2 Å². The maximum Gasteiger partial charge on any atom is 0.273 e. The number of nitrogens with zero attached hydrogens (tertiary/aromatic N) is 2. The SMILES string of the molecule is COc1cc(CO)cc(Oc2ccc([N+](=O)[O-])cc2OC)c1.COc1cc([N+](=O)[O-])ccc1Oc1cc(Cl)cc(Cl)c1. The number of non-ortho nitro benzene ring substituents is 2. The van der Waals surface area contributed by atoms with Crippen LogP contribution in [0.1, 0.15) is 5.56 Å². The van der Waals surface area contributed by atoms with E-state index in [0.717, 1.165) is 0 Å². The van der Waals surface area contributed by atoms with E-state index in [1.807, 2.05) is 0 Å². The summed E-state index contributed by atoms with van der Waals surface area (Å²) >= 11 is 11.7. The van der Waals surface area contributed by atoms with Crippen molar-refractivity contribution in [2.75, 3.05) is 21.3 Å². The van der Waals surface area contributed by atoms with E-state index in [4.69, 9.17) is 46.9 Å². The number of aliphatic hydroxyl groups is 1. The molecule has 0 heterocycles. The zero-order chi connectivity index (χ0) is 30.8. The normalized spacial score (nSPS) is 10.1. The van der Waals surface area contributed by atoms with Crippen LogP contribution >= 0.6 is 23.2 Å². The standard InChI is InChI=1S/C15H15NO6.C13H9Cl2NO4/c1-20-12-5-10(9-17)6-13(8-12)22-14-4-3-11(16(18)19)7-15(14)21-2;1-19-13-7-10(16(17)18)2-3-12(13)20-11-5-8(14)4-9(15)6-11/h3-8,17H,9H2,1-2H3;2-7H,1H3. The summed E-state index contributed by atoms with van der Waals surface area (Å²) in [5, 5.41) is 31.6. The molecule has 0 spiro atoms. The maximum absolute atomic E-state index is 10.8. The Morgan fingerprint density at radius 2 is 1.07 bits per heavy atom. The molecule has 0 unspecified atom stereocenters. The molecule has 0 bridgehead atoms. The lowest BCUT2D eigenvalue weighted by Gasteiger charge is -2.12. The predicted molar refractivity (Wildman–Crippen MR) is 155 cm³/mol.